The van der Waals surface area contributed by atoms with Gasteiger partial charge in [0.05, 0.1) is 13.2 Å². The van der Waals surface area contributed by atoms with Crippen LogP contribution in [0.2, 0.25) is 0 Å². The first kappa shape index (κ1) is 13.2. The molecule has 0 bridgehead atoms. The van der Waals surface area contributed by atoms with Gasteiger partial charge in [0, 0.05) is 0 Å². The summed E-state index contributed by atoms with van der Waals surface area (Å²) >= 11 is 0. The highest BCUT2D eigenvalue weighted by atomic mass is 16.7. The SMILES string of the molecule is CC1OCC(C(O)C(O)C2COC(C)(C)O2)O1. The van der Waals surface area contributed by atoms with Gasteiger partial charge in [0.15, 0.2) is 12.1 Å². The maximum atomic E-state index is 10.0. The van der Waals surface area contributed by atoms with Crippen LogP contribution < -0.4 is 0 Å². The Labute approximate surface area is 100 Å². The summed E-state index contributed by atoms with van der Waals surface area (Å²) < 4.78 is 21.3. The minimum atomic E-state index is -1.05. The van der Waals surface area contributed by atoms with Gasteiger partial charge in [0.2, 0.25) is 0 Å². The molecular weight excluding hydrogens is 228 g/mol. The van der Waals surface area contributed by atoms with Crippen molar-refractivity contribution < 1.29 is 29.2 Å². The summed E-state index contributed by atoms with van der Waals surface area (Å²) in [5.74, 6) is -0.717. The molecule has 2 N–H and O–H groups in total. The third-order valence-corrected chi connectivity index (χ3v) is 3.00. The molecule has 5 unspecified atom stereocenters. The molecule has 2 rings (SSSR count). The molecule has 0 amide bonds. The molecule has 6 nitrogen and oxygen atoms in total. The lowest BCUT2D eigenvalue weighted by atomic mass is 10.0. The van der Waals surface area contributed by atoms with Crippen LogP contribution in [0.3, 0.4) is 0 Å². The Morgan fingerprint density at radius 2 is 1.76 bits per heavy atom. The Hall–Kier alpha value is -0.240. The average Bonchev–Trinajstić information content (AvgIpc) is 2.82. The maximum Gasteiger partial charge on any atom is 0.163 e. The zero-order valence-corrected chi connectivity index (χ0v) is 10.3. The van der Waals surface area contributed by atoms with E-state index in [4.69, 9.17) is 18.9 Å². The minimum Gasteiger partial charge on any atom is -0.387 e. The Kier molecular flexibility index (Phi) is 3.72. The molecule has 100 valence electrons. The highest BCUT2D eigenvalue weighted by molar-refractivity contribution is 4.87. The van der Waals surface area contributed by atoms with Crippen LogP contribution in [-0.4, -0.2) is 59.9 Å². The fourth-order valence-electron chi connectivity index (χ4n) is 2.06. The molecule has 0 aromatic carbocycles. The summed E-state index contributed by atoms with van der Waals surface area (Å²) in [5.41, 5.74) is 0. The molecule has 0 saturated carbocycles. The molecule has 6 heteroatoms. The van der Waals surface area contributed by atoms with Gasteiger partial charge in [-0.2, -0.15) is 0 Å². The summed E-state index contributed by atoms with van der Waals surface area (Å²) in [5, 5.41) is 20.0. The second-order valence-corrected chi connectivity index (χ2v) is 4.92. The Bertz CT molecular complexity index is 269. The van der Waals surface area contributed by atoms with E-state index in [0.717, 1.165) is 0 Å². The van der Waals surface area contributed by atoms with Crippen LogP contribution >= 0.6 is 0 Å². The topological polar surface area (TPSA) is 77.4 Å². The lowest BCUT2D eigenvalue weighted by molar-refractivity contribution is -0.170. The first-order valence-electron chi connectivity index (χ1n) is 5.84. The van der Waals surface area contributed by atoms with E-state index < -0.39 is 30.2 Å². The standard InChI is InChI=1S/C11H20O6/c1-6-14-4-7(16-6)9(12)10(13)8-5-15-11(2,3)17-8/h6-10,12-13H,4-5H2,1-3H3. The monoisotopic (exact) mass is 248 g/mol. The number of rotatable bonds is 3. The van der Waals surface area contributed by atoms with Crippen LogP contribution in [0.5, 0.6) is 0 Å². The summed E-state index contributed by atoms with van der Waals surface area (Å²) in [7, 11) is 0. The second-order valence-electron chi connectivity index (χ2n) is 4.92. The normalized spacial score (nSPS) is 40.4. The van der Waals surface area contributed by atoms with Crippen molar-refractivity contribution in [2.24, 2.45) is 0 Å². The van der Waals surface area contributed by atoms with E-state index in [1.807, 2.05) is 0 Å². The van der Waals surface area contributed by atoms with E-state index in [2.05, 4.69) is 0 Å². The Morgan fingerprint density at radius 1 is 1.12 bits per heavy atom. The predicted octanol–water partition coefficient (Wildman–Crippen LogP) is -0.379. The van der Waals surface area contributed by atoms with Crippen molar-refractivity contribution in [3.8, 4) is 0 Å². The summed E-state index contributed by atoms with van der Waals surface area (Å²) in [6, 6.07) is 0. The smallest absolute Gasteiger partial charge is 0.163 e. The van der Waals surface area contributed by atoms with Gasteiger partial charge in [0.25, 0.3) is 0 Å². The van der Waals surface area contributed by atoms with Crippen molar-refractivity contribution in [1.82, 2.24) is 0 Å². The van der Waals surface area contributed by atoms with Crippen molar-refractivity contribution in [2.75, 3.05) is 13.2 Å². The number of hydrogen-bond donors (Lipinski definition) is 2. The Morgan fingerprint density at radius 3 is 2.24 bits per heavy atom. The van der Waals surface area contributed by atoms with Crippen LogP contribution in [0, 0.1) is 0 Å². The van der Waals surface area contributed by atoms with Crippen molar-refractivity contribution in [2.45, 2.75) is 57.3 Å². The largest absolute Gasteiger partial charge is 0.387 e. The van der Waals surface area contributed by atoms with E-state index in [1.165, 1.54) is 0 Å². The minimum absolute atomic E-state index is 0.258. The highest BCUT2D eigenvalue weighted by Crippen LogP contribution is 2.27. The van der Waals surface area contributed by atoms with Crippen LogP contribution in [-0.2, 0) is 18.9 Å². The zero-order valence-electron chi connectivity index (χ0n) is 10.3. The highest BCUT2D eigenvalue weighted by Gasteiger charge is 2.43. The van der Waals surface area contributed by atoms with Crippen molar-refractivity contribution in [3.05, 3.63) is 0 Å². The third kappa shape index (κ3) is 2.96. The van der Waals surface area contributed by atoms with E-state index in [1.54, 1.807) is 20.8 Å². The first-order chi connectivity index (χ1) is 7.89. The lowest BCUT2D eigenvalue weighted by Gasteiger charge is -2.26. The molecule has 0 aromatic heterocycles. The zero-order chi connectivity index (χ0) is 12.6. The fourth-order valence-corrected chi connectivity index (χ4v) is 2.06. The molecule has 2 aliphatic heterocycles. The van der Waals surface area contributed by atoms with Crippen molar-refractivity contribution in [3.63, 3.8) is 0 Å². The van der Waals surface area contributed by atoms with Crippen LogP contribution in [0.15, 0.2) is 0 Å². The number of aliphatic hydroxyl groups is 2. The maximum absolute atomic E-state index is 10.0. The van der Waals surface area contributed by atoms with Crippen LogP contribution in [0.4, 0.5) is 0 Å². The van der Waals surface area contributed by atoms with Gasteiger partial charge in [-0.3, -0.25) is 0 Å². The number of hydrogen-bond acceptors (Lipinski definition) is 6. The molecule has 5 atom stereocenters. The lowest BCUT2D eigenvalue weighted by Crippen LogP contribution is -2.46. The Balaban J connectivity index is 1.89. The number of aliphatic hydroxyl groups excluding tert-OH is 2. The molecular formula is C11H20O6. The predicted molar refractivity (Wildman–Crippen MR) is 57.2 cm³/mol. The van der Waals surface area contributed by atoms with Gasteiger partial charge in [-0.1, -0.05) is 0 Å². The summed E-state index contributed by atoms with van der Waals surface area (Å²) in [6.45, 7) is 5.81. The quantitative estimate of drug-likeness (QED) is 0.709. The number of ether oxygens (including phenoxy) is 4. The van der Waals surface area contributed by atoms with Gasteiger partial charge in [-0.25, -0.2) is 0 Å². The molecule has 0 spiro atoms. The summed E-state index contributed by atoms with van der Waals surface area (Å²) in [4.78, 5) is 0. The molecule has 2 saturated heterocycles. The molecule has 2 aliphatic rings. The molecule has 2 fully saturated rings. The van der Waals surface area contributed by atoms with E-state index in [9.17, 15) is 10.2 Å². The van der Waals surface area contributed by atoms with Crippen molar-refractivity contribution in [1.29, 1.82) is 0 Å². The molecule has 17 heavy (non-hydrogen) atoms. The van der Waals surface area contributed by atoms with Gasteiger partial charge < -0.3 is 29.2 Å². The van der Waals surface area contributed by atoms with Gasteiger partial charge in [-0.15, -0.1) is 0 Å². The third-order valence-electron chi connectivity index (χ3n) is 3.00. The van der Waals surface area contributed by atoms with E-state index >= 15 is 0 Å². The van der Waals surface area contributed by atoms with E-state index in [-0.39, 0.29) is 19.5 Å². The molecule has 0 aromatic rings. The second kappa shape index (κ2) is 4.79. The fraction of sp³-hybridized carbons (Fsp3) is 1.00. The van der Waals surface area contributed by atoms with Crippen LogP contribution in [0.1, 0.15) is 20.8 Å². The molecule has 0 aliphatic carbocycles. The first-order valence-corrected chi connectivity index (χ1v) is 5.84. The average molecular weight is 248 g/mol. The summed E-state index contributed by atoms with van der Waals surface area (Å²) in [6.07, 6.45) is -3.50. The molecule has 0 radical (unpaired) electrons. The van der Waals surface area contributed by atoms with Gasteiger partial charge in [-0.05, 0) is 20.8 Å². The van der Waals surface area contributed by atoms with Gasteiger partial charge >= 0.3 is 0 Å². The molecule has 2 heterocycles. The van der Waals surface area contributed by atoms with Gasteiger partial charge in [0.1, 0.15) is 24.4 Å². The van der Waals surface area contributed by atoms with Crippen LogP contribution in [0.25, 0.3) is 0 Å². The van der Waals surface area contributed by atoms with Crippen molar-refractivity contribution >= 4 is 0 Å². The van der Waals surface area contributed by atoms with E-state index in [0.29, 0.717) is 0 Å².